The van der Waals surface area contributed by atoms with Crippen LogP contribution in [0.15, 0.2) is 42.9 Å². The van der Waals surface area contributed by atoms with Crippen molar-refractivity contribution >= 4 is 23.4 Å². The van der Waals surface area contributed by atoms with Crippen LogP contribution in [0.5, 0.6) is 0 Å². The van der Waals surface area contributed by atoms with Gasteiger partial charge in [-0.15, -0.1) is 5.10 Å². The van der Waals surface area contributed by atoms with Crippen molar-refractivity contribution in [3.8, 4) is 0 Å². The number of nitrogens with zero attached hydrogens (tertiary/aromatic N) is 7. The first-order chi connectivity index (χ1) is 13.2. The van der Waals surface area contributed by atoms with E-state index in [1.54, 1.807) is 18.5 Å². The largest absolute Gasteiger partial charge is 0.337 e. The van der Waals surface area contributed by atoms with Crippen LogP contribution in [-0.2, 0) is 0 Å². The molecule has 8 nitrogen and oxygen atoms in total. The van der Waals surface area contributed by atoms with Crippen LogP contribution in [0.1, 0.15) is 0 Å². The standard InChI is InChI=1S/C17H16F2N8/c18-12-2-3-14(13(19)10-12)23-15-11-22-25-17(24-15)27-8-6-26(7-9-27)16-20-4-1-5-21-16/h1-5,10-11H,6-9H2,(H,23,24,25). The Bertz CT molecular complexity index is 916. The van der Waals surface area contributed by atoms with Crippen molar-refractivity contribution in [2.45, 2.75) is 0 Å². The van der Waals surface area contributed by atoms with Gasteiger partial charge in [-0.25, -0.2) is 18.7 Å². The van der Waals surface area contributed by atoms with Crippen molar-refractivity contribution < 1.29 is 8.78 Å². The van der Waals surface area contributed by atoms with Gasteiger partial charge in [0.2, 0.25) is 11.9 Å². The fraction of sp³-hybridized carbons (Fsp3) is 0.235. The molecular formula is C17H16F2N8. The average molecular weight is 370 g/mol. The normalized spacial score (nSPS) is 14.3. The van der Waals surface area contributed by atoms with Crippen LogP contribution in [0.25, 0.3) is 0 Å². The third-order valence-corrected chi connectivity index (χ3v) is 4.14. The van der Waals surface area contributed by atoms with Gasteiger partial charge < -0.3 is 15.1 Å². The van der Waals surface area contributed by atoms with Gasteiger partial charge in [0.15, 0.2) is 5.82 Å². The highest BCUT2D eigenvalue weighted by atomic mass is 19.1. The molecule has 10 heteroatoms. The van der Waals surface area contributed by atoms with E-state index in [0.717, 1.165) is 19.2 Å². The van der Waals surface area contributed by atoms with E-state index in [9.17, 15) is 8.78 Å². The summed E-state index contributed by atoms with van der Waals surface area (Å²) in [6.45, 7) is 2.79. The number of hydrogen-bond donors (Lipinski definition) is 1. The summed E-state index contributed by atoms with van der Waals surface area (Å²) in [6, 6.07) is 5.07. The fourth-order valence-electron chi connectivity index (χ4n) is 2.78. The van der Waals surface area contributed by atoms with Crippen LogP contribution in [-0.4, -0.2) is 51.3 Å². The maximum atomic E-state index is 13.8. The lowest BCUT2D eigenvalue weighted by molar-refractivity contribution is 0.586. The molecule has 0 aliphatic carbocycles. The van der Waals surface area contributed by atoms with Crippen molar-refractivity contribution in [3.05, 3.63) is 54.5 Å². The van der Waals surface area contributed by atoms with Gasteiger partial charge in [0.25, 0.3) is 0 Å². The minimum Gasteiger partial charge on any atom is -0.337 e. The van der Waals surface area contributed by atoms with Crippen molar-refractivity contribution in [3.63, 3.8) is 0 Å². The van der Waals surface area contributed by atoms with E-state index in [4.69, 9.17) is 0 Å². The van der Waals surface area contributed by atoms with Gasteiger partial charge in [0.1, 0.15) is 11.6 Å². The smallest absolute Gasteiger partial charge is 0.247 e. The van der Waals surface area contributed by atoms with Gasteiger partial charge in [-0.1, -0.05) is 0 Å². The SMILES string of the molecule is Fc1ccc(Nc2cnnc(N3CCN(c4ncccn4)CC3)n2)c(F)c1. The molecule has 2 aromatic heterocycles. The number of hydrogen-bond acceptors (Lipinski definition) is 8. The summed E-state index contributed by atoms with van der Waals surface area (Å²) in [4.78, 5) is 17.0. The maximum Gasteiger partial charge on any atom is 0.247 e. The summed E-state index contributed by atoms with van der Waals surface area (Å²) in [5, 5.41) is 10.8. The molecule has 0 radical (unpaired) electrons. The first kappa shape index (κ1) is 17.0. The Morgan fingerprint density at radius 3 is 2.33 bits per heavy atom. The quantitative estimate of drug-likeness (QED) is 0.747. The van der Waals surface area contributed by atoms with Crippen molar-refractivity contribution in [2.24, 2.45) is 0 Å². The van der Waals surface area contributed by atoms with Crippen LogP contribution in [0, 0.1) is 11.6 Å². The van der Waals surface area contributed by atoms with E-state index in [-0.39, 0.29) is 5.69 Å². The van der Waals surface area contributed by atoms with Crippen molar-refractivity contribution in [2.75, 3.05) is 41.3 Å². The van der Waals surface area contributed by atoms with Crippen molar-refractivity contribution in [1.82, 2.24) is 25.1 Å². The van der Waals surface area contributed by atoms with E-state index in [1.807, 2.05) is 4.90 Å². The number of piperazine rings is 1. The number of halogens is 2. The topological polar surface area (TPSA) is 83.0 Å². The summed E-state index contributed by atoms with van der Waals surface area (Å²) in [5.41, 5.74) is 0.119. The second-order valence-electron chi connectivity index (χ2n) is 5.91. The highest BCUT2D eigenvalue weighted by Crippen LogP contribution is 2.20. The summed E-state index contributed by atoms with van der Waals surface area (Å²) >= 11 is 0. The minimum atomic E-state index is -0.702. The molecule has 1 aliphatic rings. The molecular weight excluding hydrogens is 354 g/mol. The molecule has 1 aromatic carbocycles. The predicted octanol–water partition coefficient (Wildman–Crippen LogP) is 2.01. The Balaban J connectivity index is 1.44. The highest BCUT2D eigenvalue weighted by Gasteiger charge is 2.21. The first-order valence-corrected chi connectivity index (χ1v) is 8.38. The highest BCUT2D eigenvalue weighted by molar-refractivity contribution is 5.57. The summed E-state index contributed by atoms with van der Waals surface area (Å²) in [7, 11) is 0. The molecule has 0 bridgehead atoms. The average Bonchev–Trinajstić information content (AvgIpc) is 2.71. The van der Waals surface area contributed by atoms with E-state index >= 15 is 0 Å². The van der Waals surface area contributed by atoms with Gasteiger partial charge in [-0.3, -0.25) is 0 Å². The number of rotatable bonds is 4. The van der Waals surface area contributed by atoms with Gasteiger partial charge in [-0.2, -0.15) is 10.1 Å². The molecule has 4 rings (SSSR count). The van der Waals surface area contributed by atoms with Gasteiger partial charge in [0.05, 0.1) is 11.9 Å². The second-order valence-corrected chi connectivity index (χ2v) is 5.91. The lowest BCUT2D eigenvalue weighted by Gasteiger charge is -2.34. The Morgan fingerprint density at radius 2 is 1.63 bits per heavy atom. The maximum absolute atomic E-state index is 13.8. The molecule has 0 unspecified atom stereocenters. The predicted molar refractivity (Wildman–Crippen MR) is 95.9 cm³/mol. The van der Waals surface area contributed by atoms with Gasteiger partial charge in [-0.05, 0) is 18.2 Å². The molecule has 138 valence electrons. The van der Waals surface area contributed by atoms with E-state index in [1.165, 1.54) is 18.3 Å². The van der Waals surface area contributed by atoms with Crippen molar-refractivity contribution in [1.29, 1.82) is 0 Å². The molecule has 3 heterocycles. The third-order valence-electron chi connectivity index (χ3n) is 4.14. The molecule has 1 N–H and O–H groups in total. The molecule has 1 saturated heterocycles. The second kappa shape index (κ2) is 7.44. The lowest BCUT2D eigenvalue weighted by Crippen LogP contribution is -2.47. The number of aromatic nitrogens is 5. The van der Waals surface area contributed by atoms with Gasteiger partial charge >= 0.3 is 0 Å². The zero-order chi connectivity index (χ0) is 18.6. The third kappa shape index (κ3) is 3.89. The Labute approximate surface area is 153 Å². The van der Waals surface area contributed by atoms with Crippen LogP contribution in [0.4, 0.5) is 32.2 Å². The Morgan fingerprint density at radius 1 is 0.926 bits per heavy atom. The van der Waals surface area contributed by atoms with E-state index < -0.39 is 11.6 Å². The lowest BCUT2D eigenvalue weighted by atomic mass is 10.3. The minimum absolute atomic E-state index is 0.119. The summed E-state index contributed by atoms with van der Waals surface area (Å²) in [6.07, 6.45) is 4.82. The fourth-order valence-corrected chi connectivity index (χ4v) is 2.78. The Kier molecular flexibility index (Phi) is 4.69. The van der Waals surface area contributed by atoms with E-state index in [0.29, 0.717) is 30.8 Å². The van der Waals surface area contributed by atoms with E-state index in [2.05, 4.69) is 35.4 Å². The molecule has 0 spiro atoms. The zero-order valence-corrected chi connectivity index (χ0v) is 14.3. The molecule has 0 saturated carbocycles. The molecule has 0 atom stereocenters. The number of anilines is 4. The van der Waals surface area contributed by atoms with Crippen LogP contribution in [0.2, 0.25) is 0 Å². The molecule has 1 aliphatic heterocycles. The molecule has 0 amide bonds. The summed E-state index contributed by atoms with van der Waals surface area (Å²) in [5.74, 6) is 0.125. The monoisotopic (exact) mass is 370 g/mol. The van der Waals surface area contributed by atoms with Gasteiger partial charge in [0, 0.05) is 44.6 Å². The van der Waals surface area contributed by atoms with Crippen LogP contribution < -0.4 is 15.1 Å². The zero-order valence-electron chi connectivity index (χ0n) is 14.3. The number of nitrogens with one attached hydrogen (secondary N) is 1. The van der Waals surface area contributed by atoms with Crippen LogP contribution in [0.3, 0.4) is 0 Å². The van der Waals surface area contributed by atoms with Crippen LogP contribution >= 0.6 is 0 Å². The Hall–Kier alpha value is -3.43. The first-order valence-electron chi connectivity index (χ1n) is 8.38. The number of benzene rings is 1. The molecule has 27 heavy (non-hydrogen) atoms. The molecule has 1 fully saturated rings. The molecule has 3 aromatic rings. The summed E-state index contributed by atoms with van der Waals surface area (Å²) < 4.78 is 26.8.